The van der Waals surface area contributed by atoms with Crippen LogP contribution in [-0.4, -0.2) is 56.2 Å². The maximum Gasteiger partial charge on any atom is 0.352 e. The number of hydrogen-bond acceptors (Lipinski definition) is 9. The molecule has 1 saturated heterocycles. The molecule has 2 aliphatic heterocycles. The van der Waals surface area contributed by atoms with Crippen LogP contribution in [0.2, 0.25) is 0 Å². The fourth-order valence-corrected chi connectivity index (χ4v) is 4.23. The Kier molecular flexibility index (Phi) is 4.95. The lowest BCUT2D eigenvalue weighted by Crippen LogP contribution is -2.70. The number of allylic oxidation sites excluding steroid dienone is 1. The molecule has 2 atom stereocenters. The van der Waals surface area contributed by atoms with Crippen LogP contribution in [0.3, 0.4) is 0 Å². The van der Waals surface area contributed by atoms with Gasteiger partial charge in [0.2, 0.25) is 0 Å². The number of nitrogens with one attached hydrogen (secondary N) is 1. The first-order valence-electron chi connectivity index (χ1n) is 7.17. The van der Waals surface area contributed by atoms with Crippen molar-refractivity contribution in [2.24, 2.45) is 5.16 Å². The Morgan fingerprint density at radius 1 is 1.58 bits per heavy atom. The number of rotatable bonds is 6. The van der Waals surface area contributed by atoms with Crippen LogP contribution < -0.4 is 15.9 Å². The van der Waals surface area contributed by atoms with E-state index in [1.807, 2.05) is 0 Å². The number of aromatic nitrogens is 1. The van der Waals surface area contributed by atoms with E-state index in [1.54, 1.807) is 0 Å². The molecule has 1 aromatic heterocycles. The summed E-state index contributed by atoms with van der Waals surface area (Å²) in [6.45, 7) is 3.57. The van der Waals surface area contributed by atoms with Gasteiger partial charge in [-0.2, -0.15) is 4.98 Å². The van der Waals surface area contributed by atoms with Gasteiger partial charge in [-0.05, 0) is 5.57 Å². The van der Waals surface area contributed by atoms with Gasteiger partial charge in [-0.1, -0.05) is 17.8 Å². The van der Waals surface area contributed by atoms with E-state index in [4.69, 9.17) is 10.6 Å². The highest BCUT2D eigenvalue weighted by molar-refractivity contribution is 8.00. The minimum atomic E-state index is -1.21. The molecule has 3 heterocycles. The highest BCUT2D eigenvalue weighted by atomic mass is 32.2. The molecule has 0 radical (unpaired) electrons. The van der Waals surface area contributed by atoms with E-state index in [0.717, 1.165) is 22.5 Å². The molecular formula is C14H13N5O5S2. The first kappa shape index (κ1) is 17.9. The lowest BCUT2D eigenvalue weighted by Gasteiger charge is -2.49. The Bertz CT molecular complexity index is 849. The number of carboxylic acid groups (broad SMARTS) is 1. The number of amides is 2. The largest absolute Gasteiger partial charge is 0.477 e. The summed E-state index contributed by atoms with van der Waals surface area (Å²) in [6, 6.07) is -0.838. The van der Waals surface area contributed by atoms with E-state index in [9.17, 15) is 19.5 Å². The second-order valence-electron chi connectivity index (χ2n) is 5.13. The van der Waals surface area contributed by atoms with Crippen LogP contribution in [0.25, 0.3) is 0 Å². The average Bonchev–Trinajstić information content (AvgIpc) is 3.03. The number of aliphatic carboxylic acids is 1. The summed E-state index contributed by atoms with van der Waals surface area (Å²) in [7, 11) is 0. The van der Waals surface area contributed by atoms with Gasteiger partial charge in [-0.3, -0.25) is 14.5 Å². The van der Waals surface area contributed by atoms with Gasteiger partial charge in [0.25, 0.3) is 17.7 Å². The second-order valence-corrected chi connectivity index (χ2v) is 7.12. The van der Waals surface area contributed by atoms with Crippen molar-refractivity contribution in [1.82, 2.24) is 15.2 Å². The van der Waals surface area contributed by atoms with Crippen LogP contribution in [0.4, 0.5) is 5.13 Å². The molecule has 1 fully saturated rings. The van der Waals surface area contributed by atoms with Crippen molar-refractivity contribution in [3.05, 3.63) is 29.3 Å². The maximum absolute atomic E-state index is 12.3. The highest BCUT2D eigenvalue weighted by Gasteiger charge is 2.53. The smallest absolute Gasteiger partial charge is 0.352 e. The molecule has 10 nitrogen and oxygen atoms in total. The molecule has 0 bridgehead atoms. The molecule has 0 aliphatic carbocycles. The van der Waals surface area contributed by atoms with Gasteiger partial charge in [-0.25, -0.2) is 4.79 Å². The minimum absolute atomic E-state index is 0.0997. The predicted molar refractivity (Wildman–Crippen MR) is 95.5 cm³/mol. The molecule has 4 N–H and O–H groups in total. The van der Waals surface area contributed by atoms with Gasteiger partial charge in [-0.15, -0.1) is 23.1 Å². The molecule has 0 saturated carbocycles. The first-order chi connectivity index (χ1) is 12.4. The summed E-state index contributed by atoms with van der Waals surface area (Å²) >= 11 is 2.50. The van der Waals surface area contributed by atoms with Crippen molar-refractivity contribution in [3.63, 3.8) is 0 Å². The lowest BCUT2D eigenvalue weighted by atomic mass is 10.0. The third kappa shape index (κ3) is 3.28. The number of nitrogens with zero attached hydrogens (tertiary/aromatic N) is 3. The molecule has 12 heteroatoms. The summed E-state index contributed by atoms with van der Waals surface area (Å²) in [5, 5.41) is 16.6. The zero-order valence-electron chi connectivity index (χ0n) is 13.1. The number of carboxylic acids is 1. The van der Waals surface area contributed by atoms with Gasteiger partial charge < -0.3 is 21.0 Å². The Morgan fingerprint density at radius 3 is 2.96 bits per heavy atom. The van der Waals surface area contributed by atoms with Crippen molar-refractivity contribution < 1.29 is 24.3 Å². The number of fused-ring (bicyclic) bond motifs is 1. The van der Waals surface area contributed by atoms with Crippen molar-refractivity contribution >= 4 is 52.2 Å². The average molecular weight is 395 g/mol. The first-order valence-corrected chi connectivity index (χ1v) is 9.10. The Hall–Kier alpha value is -2.86. The van der Waals surface area contributed by atoms with Crippen LogP contribution in [-0.2, 0) is 14.4 Å². The van der Waals surface area contributed by atoms with Crippen LogP contribution in [0.1, 0.15) is 0 Å². The number of oxime groups is 1. The summed E-state index contributed by atoms with van der Waals surface area (Å²) < 4.78 is 0. The number of thiazole rings is 1. The Labute approximate surface area is 155 Å². The van der Waals surface area contributed by atoms with Gasteiger partial charge in [0.05, 0.1) is 5.38 Å². The van der Waals surface area contributed by atoms with Crippen molar-refractivity contribution in [1.29, 1.82) is 0 Å². The van der Waals surface area contributed by atoms with E-state index in [2.05, 4.69) is 22.0 Å². The molecule has 1 aromatic rings. The highest BCUT2D eigenvalue weighted by Crippen LogP contribution is 2.40. The summed E-state index contributed by atoms with van der Waals surface area (Å²) in [5.74, 6) is -1.83. The monoisotopic (exact) mass is 395 g/mol. The molecule has 0 spiro atoms. The normalized spacial score (nSPS) is 22.0. The third-order valence-corrected chi connectivity index (χ3v) is 5.52. The van der Waals surface area contributed by atoms with E-state index in [1.165, 1.54) is 23.2 Å². The third-order valence-electron chi connectivity index (χ3n) is 3.56. The van der Waals surface area contributed by atoms with Gasteiger partial charge in [0.1, 0.15) is 23.3 Å². The number of hydrogen-bond donors (Lipinski definition) is 3. The van der Waals surface area contributed by atoms with Crippen LogP contribution in [0, 0.1) is 0 Å². The zero-order valence-corrected chi connectivity index (χ0v) is 14.7. The van der Waals surface area contributed by atoms with Crippen LogP contribution in [0.15, 0.2) is 34.5 Å². The quantitative estimate of drug-likeness (QED) is 0.347. The van der Waals surface area contributed by atoms with E-state index < -0.39 is 29.2 Å². The molecule has 3 rings (SSSR count). The number of carbonyl (C=O) groups excluding carboxylic acids is 2. The molecule has 1 unspecified atom stereocenters. The van der Waals surface area contributed by atoms with Crippen molar-refractivity contribution in [2.45, 2.75) is 11.4 Å². The molecule has 0 aromatic carbocycles. The Balaban J connectivity index is 1.61. The van der Waals surface area contributed by atoms with Crippen molar-refractivity contribution in [2.75, 3.05) is 11.5 Å². The molecular weight excluding hydrogens is 382 g/mol. The SMILES string of the molecule is C=CC1=C(C(=O)O)N2C(=O)C(NC(=O)/C=N\Oc3csc(N)n3)[C@@H]2SC1. The molecule has 26 heavy (non-hydrogen) atoms. The number of carbonyl (C=O) groups is 3. The number of nitrogen functional groups attached to an aromatic ring is 1. The van der Waals surface area contributed by atoms with Gasteiger partial charge in [0, 0.05) is 5.75 Å². The van der Waals surface area contributed by atoms with E-state index in [-0.39, 0.29) is 11.6 Å². The molecule has 2 aliphatic rings. The van der Waals surface area contributed by atoms with Crippen molar-refractivity contribution in [3.8, 4) is 5.88 Å². The van der Waals surface area contributed by atoms with Crippen LogP contribution >= 0.6 is 23.1 Å². The van der Waals surface area contributed by atoms with E-state index in [0.29, 0.717) is 16.5 Å². The number of β-lactam (4-membered cyclic amide) rings is 1. The number of anilines is 1. The fraction of sp³-hybridized carbons (Fsp3) is 0.214. The number of thioether (sulfide) groups is 1. The summed E-state index contributed by atoms with van der Waals surface area (Å²) in [4.78, 5) is 45.4. The second kappa shape index (κ2) is 7.17. The number of nitrogens with two attached hydrogens (primary N) is 1. The van der Waals surface area contributed by atoms with Crippen LogP contribution in [0.5, 0.6) is 5.88 Å². The predicted octanol–water partition coefficient (Wildman–Crippen LogP) is 0.0145. The lowest BCUT2D eigenvalue weighted by molar-refractivity contribution is -0.150. The molecule has 2 amide bonds. The maximum atomic E-state index is 12.3. The zero-order chi connectivity index (χ0) is 18.8. The summed E-state index contributed by atoms with van der Waals surface area (Å²) in [5.41, 5.74) is 5.80. The Morgan fingerprint density at radius 2 is 2.35 bits per heavy atom. The molecule has 136 valence electrons. The van der Waals surface area contributed by atoms with Gasteiger partial charge in [0.15, 0.2) is 5.13 Å². The minimum Gasteiger partial charge on any atom is -0.477 e. The fourth-order valence-electron chi connectivity index (χ4n) is 2.43. The van der Waals surface area contributed by atoms with E-state index >= 15 is 0 Å². The standard InChI is InChI=1S/C14H13N5O5S2/c1-2-6-4-25-12-9(11(21)19(12)10(6)13(22)23)17-7(20)3-16-24-8-5-26-14(15)18-8/h2-3,5,9,12H,1,4H2,(H2,15,18)(H,17,20)(H,22,23)/b16-3-/t9?,12-/m0/s1. The van der Waals surface area contributed by atoms with Gasteiger partial charge >= 0.3 is 5.97 Å². The summed E-state index contributed by atoms with van der Waals surface area (Å²) in [6.07, 6.45) is 2.28. The topological polar surface area (TPSA) is 147 Å².